The van der Waals surface area contributed by atoms with E-state index in [4.69, 9.17) is 10.3 Å². The molecular formula is C7H10N2O. The van der Waals surface area contributed by atoms with Crippen LogP contribution in [-0.2, 0) is 0 Å². The van der Waals surface area contributed by atoms with Gasteiger partial charge < -0.3 is 10.3 Å². The van der Waals surface area contributed by atoms with Crippen molar-refractivity contribution in [1.82, 2.24) is 5.16 Å². The fourth-order valence-corrected chi connectivity index (χ4v) is 0.661. The first-order chi connectivity index (χ1) is 4.84. The summed E-state index contributed by atoms with van der Waals surface area (Å²) in [6.45, 7) is 2.41. The van der Waals surface area contributed by atoms with Crippen LogP contribution >= 0.6 is 0 Å². The van der Waals surface area contributed by atoms with E-state index < -0.39 is 0 Å². The minimum Gasteiger partial charge on any atom is -0.361 e. The Morgan fingerprint density at radius 3 is 3.10 bits per heavy atom. The van der Waals surface area contributed by atoms with E-state index in [0.29, 0.717) is 6.54 Å². The molecule has 54 valence electrons. The van der Waals surface area contributed by atoms with E-state index >= 15 is 0 Å². The topological polar surface area (TPSA) is 52.0 Å². The van der Waals surface area contributed by atoms with Crippen molar-refractivity contribution >= 4 is 6.08 Å². The van der Waals surface area contributed by atoms with E-state index in [1.54, 1.807) is 6.20 Å². The Balaban J connectivity index is 2.74. The predicted molar refractivity (Wildman–Crippen MR) is 39.3 cm³/mol. The van der Waals surface area contributed by atoms with Gasteiger partial charge in [0, 0.05) is 12.1 Å². The monoisotopic (exact) mass is 138 g/mol. The average molecular weight is 138 g/mol. The van der Waals surface area contributed by atoms with Crippen LogP contribution in [0.25, 0.3) is 6.08 Å². The maximum Gasteiger partial charge on any atom is 0.140 e. The van der Waals surface area contributed by atoms with Gasteiger partial charge in [0.1, 0.15) is 5.76 Å². The lowest BCUT2D eigenvalue weighted by Crippen LogP contribution is -1.91. The third-order valence-corrected chi connectivity index (χ3v) is 1.22. The molecule has 0 aliphatic carbocycles. The number of nitrogens with two attached hydrogens (primary N) is 1. The van der Waals surface area contributed by atoms with Gasteiger partial charge in [-0.05, 0) is 6.92 Å². The van der Waals surface area contributed by atoms with Crippen LogP contribution in [0.3, 0.4) is 0 Å². The van der Waals surface area contributed by atoms with E-state index in [-0.39, 0.29) is 0 Å². The van der Waals surface area contributed by atoms with Crippen LogP contribution in [0, 0.1) is 6.92 Å². The Bertz CT molecular complexity index is 227. The number of nitrogens with zero attached hydrogens (tertiary/aromatic N) is 1. The molecule has 0 aliphatic rings. The van der Waals surface area contributed by atoms with E-state index in [9.17, 15) is 0 Å². The molecule has 1 heterocycles. The lowest BCUT2D eigenvalue weighted by atomic mass is 10.2. The molecule has 3 nitrogen and oxygen atoms in total. The summed E-state index contributed by atoms with van der Waals surface area (Å²) in [6.07, 6.45) is 5.42. The molecule has 2 N–H and O–H groups in total. The zero-order valence-electron chi connectivity index (χ0n) is 5.87. The Morgan fingerprint density at radius 1 is 1.80 bits per heavy atom. The van der Waals surface area contributed by atoms with Crippen LogP contribution in [0.2, 0.25) is 0 Å². The molecular weight excluding hydrogens is 128 g/mol. The molecule has 0 saturated heterocycles. The molecule has 0 saturated carbocycles. The molecule has 0 atom stereocenters. The minimum absolute atomic E-state index is 0.546. The van der Waals surface area contributed by atoms with Gasteiger partial charge in [-0.3, -0.25) is 0 Å². The second-order valence-corrected chi connectivity index (χ2v) is 1.98. The van der Waals surface area contributed by atoms with E-state index in [2.05, 4.69) is 5.16 Å². The van der Waals surface area contributed by atoms with Crippen molar-refractivity contribution in [2.24, 2.45) is 5.73 Å². The molecule has 0 fully saturated rings. The van der Waals surface area contributed by atoms with Crippen LogP contribution in [-0.4, -0.2) is 11.7 Å². The lowest BCUT2D eigenvalue weighted by molar-refractivity contribution is 0.397. The molecule has 0 bridgehead atoms. The Kier molecular flexibility index (Phi) is 2.23. The fraction of sp³-hybridized carbons (Fsp3) is 0.286. The number of aryl methyl sites for hydroxylation is 1. The van der Waals surface area contributed by atoms with Gasteiger partial charge in [-0.2, -0.15) is 0 Å². The van der Waals surface area contributed by atoms with Gasteiger partial charge in [-0.1, -0.05) is 17.3 Å². The van der Waals surface area contributed by atoms with Crippen molar-refractivity contribution in [3.8, 4) is 0 Å². The van der Waals surface area contributed by atoms with Gasteiger partial charge in [0.05, 0.1) is 6.20 Å². The summed E-state index contributed by atoms with van der Waals surface area (Å²) in [7, 11) is 0. The largest absolute Gasteiger partial charge is 0.361 e. The highest BCUT2D eigenvalue weighted by molar-refractivity contribution is 5.49. The molecule has 3 heteroatoms. The molecule has 1 aromatic rings. The Labute approximate surface area is 59.5 Å². The zero-order chi connectivity index (χ0) is 7.40. The van der Waals surface area contributed by atoms with Gasteiger partial charge in [0.2, 0.25) is 0 Å². The van der Waals surface area contributed by atoms with Gasteiger partial charge in [0.15, 0.2) is 0 Å². The normalized spacial score (nSPS) is 11.0. The highest BCUT2D eigenvalue weighted by atomic mass is 16.5. The summed E-state index contributed by atoms with van der Waals surface area (Å²) >= 11 is 0. The second-order valence-electron chi connectivity index (χ2n) is 1.98. The van der Waals surface area contributed by atoms with Gasteiger partial charge in [0.25, 0.3) is 0 Å². The average Bonchev–Trinajstić information content (AvgIpc) is 2.31. The van der Waals surface area contributed by atoms with Gasteiger partial charge in [-0.25, -0.2) is 0 Å². The van der Waals surface area contributed by atoms with Crippen molar-refractivity contribution in [1.29, 1.82) is 0 Å². The summed E-state index contributed by atoms with van der Waals surface area (Å²) in [6, 6.07) is 0. The SMILES string of the molecule is Cc1oncc1/C=C/CN. The maximum atomic E-state index is 5.26. The molecule has 0 aromatic carbocycles. The summed E-state index contributed by atoms with van der Waals surface area (Å²) in [4.78, 5) is 0. The van der Waals surface area contributed by atoms with Gasteiger partial charge in [-0.15, -0.1) is 0 Å². The molecule has 0 radical (unpaired) electrons. The van der Waals surface area contributed by atoms with Gasteiger partial charge >= 0.3 is 0 Å². The Morgan fingerprint density at radius 2 is 2.60 bits per heavy atom. The third kappa shape index (κ3) is 1.45. The van der Waals surface area contributed by atoms with Crippen molar-refractivity contribution in [3.63, 3.8) is 0 Å². The second kappa shape index (κ2) is 3.17. The molecule has 0 aliphatic heterocycles. The van der Waals surface area contributed by atoms with Crippen molar-refractivity contribution in [2.75, 3.05) is 6.54 Å². The highest BCUT2D eigenvalue weighted by Crippen LogP contribution is 2.06. The van der Waals surface area contributed by atoms with Crippen molar-refractivity contribution in [3.05, 3.63) is 23.6 Å². The third-order valence-electron chi connectivity index (χ3n) is 1.22. The minimum atomic E-state index is 0.546. The molecule has 10 heavy (non-hydrogen) atoms. The van der Waals surface area contributed by atoms with Crippen LogP contribution in [0.5, 0.6) is 0 Å². The van der Waals surface area contributed by atoms with Crippen molar-refractivity contribution in [2.45, 2.75) is 6.92 Å². The number of rotatable bonds is 2. The first-order valence-electron chi connectivity index (χ1n) is 3.12. The van der Waals surface area contributed by atoms with Crippen LogP contribution in [0.4, 0.5) is 0 Å². The maximum absolute atomic E-state index is 5.26. The van der Waals surface area contributed by atoms with Crippen LogP contribution in [0.1, 0.15) is 11.3 Å². The number of aromatic nitrogens is 1. The van der Waals surface area contributed by atoms with E-state index in [1.807, 2.05) is 19.1 Å². The Hall–Kier alpha value is -1.09. The molecule has 1 rings (SSSR count). The molecule has 1 aromatic heterocycles. The quantitative estimate of drug-likeness (QED) is 0.662. The lowest BCUT2D eigenvalue weighted by Gasteiger charge is -1.83. The molecule has 0 amide bonds. The number of hydrogen-bond acceptors (Lipinski definition) is 3. The zero-order valence-corrected chi connectivity index (χ0v) is 5.87. The fourth-order valence-electron chi connectivity index (χ4n) is 0.661. The summed E-state index contributed by atoms with van der Waals surface area (Å²) in [5.74, 6) is 0.824. The summed E-state index contributed by atoms with van der Waals surface area (Å²) < 4.78 is 4.82. The standard InChI is InChI=1S/C7H10N2O/c1-6-7(3-2-4-8)5-9-10-6/h2-3,5H,4,8H2,1H3/b3-2+. The van der Waals surface area contributed by atoms with Crippen LogP contribution < -0.4 is 5.73 Å². The predicted octanol–water partition coefficient (Wildman–Crippen LogP) is 0.955. The van der Waals surface area contributed by atoms with E-state index in [1.165, 1.54) is 0 Å². The smallest absolute Gasteiger partial charge is 0.140 e. The highest BCUT2D eigenvalue weighted by Gasteiger charge is 1.95. The summed E-state index contributed by atoms with van der Waals surface area (Å²) in [5, 5.41) is 3.61. The first-order valence-corrected chi connectivity index (χ1v) is 3.12. The molecule has 0 unspecified atom stereocenters. The van der Waals surface area contributed by atoms with Crippen LogP contribution in [0.15, 0.2) is 16.8 Å². The molecule has 0 spiro atoms. The van der Waals surface area contributed by atoms with Crippen molar-refractivity contribution < 1.29 is 4.52 Å². The number of hydrogen-bond donors (Lipinski definition) is 1. The van der Waals surface area contributed by atoms with E-state index in [0.717, 1.165) is 11.3 Å². The first kappa shape index (κ1) is 7.02. The summed E-state index contributed by atoms with van der Waals surface area (Å²) in [5.41, 5.74) is 6.25.